The van der Waals surface area contributed by atoms with Crippen molar-refractivity contribution >= 4 is 5.97 Å². The smallest absolute Gasteiger partial charge is 0.309 e. The van der Waals surface area contributed by atoms with E-state index in [1.54, 1.807) is 6.33 Å². The number of hydrogen-bond acceptors (Lipinski definition) is 5. The van der Waals surface area contributed by atoms with Gasteiger partial charge in [-0.3, -0.25) is 9.69 Å². The highest BCUT2D eigenvalue weighted by molar-refractivity contribution is 5.72. The summed E-state index contributed by atoms with van der Waals surface area (Å²) in [5, 5.41) is 7.91. The number of esters is 1. The third-order valence-corrected chi connectivity index (χ3v) is 3.21. The third-order valence-electron chi connectivity index (χ3n) is 3.21. The Kier molecular flexibility index (Phi) is 3.73. The average molecular weight is 238 g/mol. The molecule has 1 aromatic rings. The summed E-state index contributed by atoms with van der Waals surface area (Å²) in [7, 11) is 3.38. The van der Waals surface area contributed by atoms with E-state index in [2.05, 4.69) is 15.1 Å². The van der Waals surface area contributed by atoms with Gasteiger partial charge >= 0.3 is 5.97 Å². The van der Waals surface area contributed by atoms with Gasteiger partial charge in [-0.15, -0.1) is 10.2 Å². The van der Waals surface area contributed by atoms with Crippen LogP contribution in [0, 0.1) is 5.92 Å². The number of carbonyl (C=O) groups is 1. The van der Waals surface area contributed by atoms with Crippen LogP contribution in [-0.2, 0) is 23.1 Å². The number of aromatic nitrogens is 3. The van der Waals surface area contributed by atoms with Crippen LogP contribution in [0.3, 0.4) is 0 Å². The van der Waals surface area contributed by atoms with Gasteiger partial charge in [0.2, 0.25) is 0 Å². The van der Waals surface area contributed by atoms with Crippen LogP contribution < -0.4 is 0 Å². The molecule has 17 heavy (non-hydrogen) atoms. The minimum absolute atomic E-state index is 0.00183. The number of ether oxygens (including phenoxy) is 1. The van der Waals surface area contributed by atoms with Gasteiger partial charge in [0, 0.05) is 13.6 Å². The molecule has 2 rings (SSSR count). The summed E-state index contributed by atoms with van der Waals surface area (Å²) < 4.78 is 6.70. The van der Waals surface area contributed by atoms with Crippen molar-refractivity contribution in [3.63, 3.8) is 0 Å². The van der Waals surface area contributed by atoms with Crippen LogP contribution in [-0.4, -0.2) is 45.8 Å². The molecule has 1 fully saturated rings. The first-order valence-corrected chi connectivity index (χ1v) is 5.83. The van der Waals surface area contributed by atoms with Crippen LogP contribution in [0.2, 0.25) is 0 Å². The molecular formula is C11H18N4O2. The largest absolute Gasteiger partial charge is 0.469 e. The Morgan fingerprint density at radius 2 is 2.47 bits per heavy atom. The Morgan fingerprint density at radius 1 is 1.65 bits per heavy atom. The number of piperidine rings is 1. The van der Waals surface area contributed by atoms with E-state index in [0.29, 0.717) is 0 Å². The molecule has 1 unspecified atom stereocenters. The van der Waals surface area contributed by atoms with Crippen molar-refractivity contribution in [3.8, 4) is 0 Å². The maximum atomic E-state index is 11.5. The molecule has 1 aliphatic rings. The van der Waals surface area contributed by atoms with Crippen LogP contribution in [0.15, 0.2) is 6.33 Å². The highest BCUT2D eigenvalue weighted by atomic mass is 16.5. The Morgan fingerprint density at radius 3 is 3.12 bits per heavy atom. The summed E-state index contributed by atoms with van der Waals surface area (Å²) in [6.07, 6.45) is 3.64. The number of rotatable bonds is 3. The highest BCUT2D eigenvalue weighted by Gasteiger charge is 2.26. The van der Waals surface area contributed by atoms with E-state index in [1.807, 2.05) is 11.6 Å². The van der Waals surface area contributed by atoms with Crippen LogP contribution in [0.4, 0.5) is 0 Å². The van der Waals surface area contributed by atoms with Crippen LogP contribution >= 0.6 is 0 Å². The standard InChI is InChI=1S/C11H18N4O2/c1-14-8-12-13-10(14)7-15-5-3-4-9(6-15)11(16)17-2/h8-9H,3-7H2,1-2H3. The predicted molar refractivity (Wildman–Crippen MR) is 61.0 cm³/mol. The summed E-state index contributed by atoms with van der Waals surface area (Å²) in [6.45, 7) is 2.49. The van der Waals surface area contributed by atoms with E-state index in [9.17, 15) is 4.79 Å². The monoisotopic (exact) mass is 238 g/mol. The lowest BCUT2D eigenvalue weighted by Crippen LogP contribution is -2.39. The summed E-state index contributed by atoms with van der Waals surface area (Å²) in [5.74, 6) is 0.824. The molecule has 1 aromatic heterocycles. The molecule has 94 valence electrons. The van der Waals surface area contributed by atoms with Crippen molar-refractivity contribution < 1.29 is 9.53 Å². The van der Waals surface area contributed by atoms with E-state index in [0.717, 1.165) is 38.3 Å². The third kappa shape index (κ3) is 2.82. The lowest BCUT2D eigenvalue weighted by molar-refractivity contribution is -0.147. The zero-order valence-electron chi connectivity index (χ0n) is 10.3. The average Bonchev–Trinajstić information content (AvgIpc) is 2.74. The van der Waals surface area contributed by atoms with Gasteiger partial charge in [0.25, 0.3) is 0 Å². The summed E-state index contributed by atoms with van der Waals surface area (Å²) in [6, 6.07) is 0. The number of nitrogens with zero attached hydrogens (tertiary/aromatic N) is 4. The molecule has 0 saturated carbocycles. The number of methoxy groups -OCH3 is 1. The molecule has 6 heteroatoms. The summed E-state index contributed by atoms with van der Waals surface area (Å²) >= 11 is 0. The van der Waals surface area contributed by atoms with Gasteiger partial charge in [0.15, 0.2) is 0 Å². The molecule has 1 saturated heterocycles. The highest BCUT2D eigenvalue weighted by Crippen LogP contribution is 2.18. The Bertz CT molecular complexity index is 391. The van der Waals surface area contributed by atoms with Crippen molar-refractivity contribution in [2.24, 2.45) is 13.0 Å². The van der Waals surface area contributed by atoms with Crippen LogP contribution in [0.1, 0.15) is 18.7 Å². The minimum atomic E-state index is -0.104. The van der Waals surface area contributed by atoms with E-state index in [4.69, 9.17) is 4.74 Å². The second-order valence-corrected chi connectivity index (χ2v) is 4.46. The molecule has 2 heterocycles. The van der Waals surface area contributed by atoms with Gasteiger partial charge in [-0.05, 0) is 19.4 Å². The second kappa shape index (κ2) is 5.27. The lowest BCUT2D eigenvalue weighted by atomic mass is 9.98. The van der Waals surface area contributed by atoms with Crippen molar-refractivity contribution in [3.05, 3.63) is 12.2 Å². The van der Waals surface area contributed by atoms with Crippen LogP contribution in [0.5, 0.6) is 0 Å². The van der Waals surface area contributed by atoms with Crippen molar-refractivity contribution in [1.29, 1.82) is 0 Å². The molecule has 6 nitrogen and oxygen atoms in total. The molecular weight excluding hydrogens is 220 g/mol. The fraction of sp³-hybridized carbons (Fsp3) is 0.727. The fourth-order valence-corrected chi connectivity index (χ4v) is 2.21. The molecule has 0 bridgehead atoms. The summed E-state index contributed by atoms with van der Waals surface area (Å²) in [4.78, 5) is 13.7. The van der Waals surface area contributed by atoms with E-state index >= 15 is 0 Å². The maximum absolute atomic E-state index is 11.5. The molecule has 0 N–H and O–H groups in total. The van der Waals surface area contributed by atoms with E-state index in [-0.39, 0.29) is 11.9 Å². The van der Waals surface area contributed by atoms with E-state index in [1.165, 1.54) is 7.11 Å². The fourth-order valence-electron chi connectivity index (χ4n) is 2.21. The van der Waals surface area contributed by atoms with E-state index < -0.39 is 0 Å². The lowest BCUT2D eigenvalue weighted by Gasteiger charge is -2.30. The van der Waals surface area contributed by atoms with Gasteiger partial charge in [0.05, 0.1) is 19.6 Å². The normalized spacial score (nSPS) is 21.4. The Hall–Kier alpha value is -1.43. The molecule has 0 radical (unpaired) electrons. The van der Waals surface area contributed by atoms with Gasteiger partial charge in [-0.1, -0.05) is 0 Å². The van der Waals surface area contributed by atoms with Gasteiger partial charge in [-0.25, -0.2) is 0 Å². The zero-order chi connectivity index (χ0) is 12.3. The first kappa shape index (κ1) is 12.0. The van der Waals surface area contributed by atoms with Gasteiger partial charge < -0.3 is 9.30 Å². The number of likely N-dealkylation sites (tertiary alicyclic amines) is 1. The van der Waals surface area contributed by atoms with Gasteiger partial charge in [-0.2, -0.15) is 0 Å². The van der Waals surface area contributed by atoms with Crippen LogP contribution in [0.25, 0.3) is 0 Å². The first-order valence-electron chi connectivity index (χ1n) is 5.83. The Balaban J connectivity index is 1.94. The molecule has 0 amide bonds. The predicted octanol–water partition coefficient (Wildman–Crippen LogP) is 0.200. The molecule has 0 aliphatic carbocycles. The van der Waals surface area contributed by atoms with Crippen molar-refractivity contribution in [2.45, 2.75) is 19.4 Å². The molecule has 1 atom stereocenters. The topological polar surface area (TPSA) is 60.2 Å². The summed E-state index contributed by atoms with van der Waals surface area (Å²) in [5.41, 5.74) is 0. The van der Waals surface area contributed by atoms with Gasteiger partial charge in [0.1, 0.15) is 12.2 Å². The number of hydrogen-bond donors (Lipinski definition) is 0. The minimum Gasteiger partial charge on any atom is -0.469 e. The van der Waals surface area contributed by atoms with Crippen molar-refractivity contribution in [1.82, 2.24) is 19.7 Å². The zero-order valence-corrected chi connectivity index (χ0v) is 10.3. The number of carbonyl (C=O) groups excluding carboxylic acids is 1. The number of aryl methyl sites for hydroxylation is 1. The Labute approximate surface area is 101 Å². The SMILES string of the molecule is COC(=O)C1CCCN(Cc2nncn2C)C1. The molecule has 0 aromatic carbocycles. The maximum Gasteiger partial charge on any atom is 0.309 e. The first-order chi connectivity index (χ1) is 8.20. The quantitative estimate of drug-likeness (QED) is 0.704. The molecule has 0 spiro atoms. The molecule has 1 aliphatic heterocycles. The van der Waals surface area contributed by atoms with Crippen molar-refractivity contribution in [2.75, 3.05) is 20.2 Å². The second-order valence-electron chi connectivity index (χ2n) is 4.46.